The second kappa shape index (κ2) is 4.32. The standard InChI is InChI=1S/C9H12BrN3O2/c1-2-15-13-9(14)8-6(10)7(11-12-8)5-3-4-5/h5H,2-4H2,1H3,(H,11,12)(H,13,14). The van der Waals surface area contributed by atoms with Crippen LogP contribution in [0.15, 0.2) is 4.47 Å². The van der Waals surface area contributed by atoms with Crippen molar-refractivity contribution in [1.29, 1.82) is 0 Å². The summed E-state index contributed by atoms with van der Waals surface area (Å²) in [5.41, 5.74) is 3.67. The Morgan fingerprint density at radius 2 is 2.47 bits per heavy atom. The third-order valence-electron chi connectivity index (χ3n) is 2.24. The van der Waals surface area contributed by atoms with E-state index >= 15 is 0 Å². The van der Waals surface area contributed by atoms with E-state index in [1.807, 2.05) is 0 Å². The second-order valence-electron chi connectivity index (χ2n) is 3.44. The molecule has 0 saturated heterocycles. The van der Waals surface area contributed by atoms with Crippen molar-refractivity contribution in [1.82, 2.24) is 15.7 Å². The van der Waals surface area contributed by atoms with Crippen molar-refractivity contribution >= 4 is 21.8 Å². The zero-order valence-electron chi connectivity index (χ0n) is 8.34. The molecule has 5 nitrogen and oxygen atoms in total. The molecule has 0 unspecified atom stereocenters. The number of aromatic amines is 1. The predicted molar refractivity (Wildman–Crippen MR) is 57.4 cm³/mol. The molecule has 0 radical (unpaired) electrons. The summed E-state index contributed by atoms with van der Waals surface area (Å²) in [5.74, 6) is 0.201. The summed E-state index contributed by atoms with van der Waals surface area (Å²) in [6.45, 7) is 2.23. The van der Waals surface area contributed by atoms with Gasteiger partial charge in [0, 0.05) is 5.92 Å². The molecule has 0 aromatic carbocycles. The van der Waals surface area contributed by atoms with Crippen molar-refractivity contribution in [2.24, 2.45) is 0 Å². The van der Waals surface area contributed by atoms with Crippen LogP contribution in [0, 0.1) is 0 Å². The van der Waals surface area contributed by atoms with Crippen molar-refractivity contribution in [3.8, 4) is 0 Å². The van der Waals surface area contributed by atoms with E-state index in [9.17, 15) is 4.79 Å². The molecule has 6 heteroatoms. The van der Waals surface area contributed by atoms with Gasteiger partial charge in [-0.3, -0.25) is 14.7 Å². The first-order chi connectivity index (χ1) is 7.24. The van der Waals surface area contributed by atoms with E-state index in [4.69, 9.17) is 4.84 Å². The summed E-state index contributed by atoms with van der Waals surface area (Å²) in [5, 5.41) is 6.85. The lowest BCUT2D eigenvalue weighted by Gasteiger charge is -2.00. The maximum absolute atomic E-state index is 11.5. The Morgan fingerprint density at radius 1 is 1.73 bits per heavy atom. The van der Waals surface area contributed by atoms with E-state index in [0.717, 1.165) is 23.0 Å². The molecule has 0 aliphatic heterocycles. The van der Waals surface area contributed by atoms with Crippen molar-refractivity contribution in [3.05, 3.63) is 15.9 Å². The van der Waals surface area contributed by atoms with Crippen LogP contribution in [0.4, 0.5) is 0 Å². The van der Waals surface area contributed by atoms with E-state index in [2.05, 4.69) is 31.6 Å². The second-order valence-corrected chi connectivity index (χ2v) is 4.23. The Balaban J connectivity index is 2.10. The Labute approximate surface area is 95.7 Å². The van der Waals surface area contributed by atoms with E-state index < -0.39 is 0 Å². The number of halogens is 1. The number of nitrogens with one attached hydrogen (secondary N) is 2. The monoisotopic (exact) mass is 273 g/mol. The number of rotatable bonds is 4. The van der Waals surface area contributed by atoms with Gasteiger partial charge < -0.3 is 0 Å². The van der Waals surface area contributed by atoms with Crippen LogP contribution < -0.4 is 5.48 Å². The highest BCUT2D eigenvalue weighted by Gasteiger charge is 2.30. The summed E-state index contributed by atoms with van der Waals surface area (Å²) in [6.07, 6.45) is 2.32. The molecule has 1 aromatic rings. The fourth-order valence-electron chi connectivity index (χ4n) is 1.32. The minimum Gasteiger partial charge on any atom is -0.280 e. The number of aromatic nitrogens is 2. The Bertz CT molecular complexity index is 373. The van der Waals surface area contributed by atoms with Crippen LogP contribution >= 0.6 is 15.9 Å². The van der Waals surface area contributed by atoms with Crippen LogP contribution in [0.3, 0.4) is 0 Å². The van der Waals surface area contributed by atoms with Crippen molar-refractivity contribution in [2.75, 3.05) is 6.61 Å². The molecule has 0 atom stereocenters. The summed E-state index contributed by atoms with van der Waals surface area (Å²) in [7, 11) is 0. The molecule has 2 rings (SSSR count). The molecule has 1 fully saturated rings. The van der Waals surface area contributed by atoms with Gasteiger partial charge in [0.2, 0.25) is 0 Å². The number of hydroxylamine groups is 1. The molecule has 1 aliphatic rings. The largest absolute Gasteiger partial charge is 0.296 e. The average Bonchev–Trinajstić information content (AvgIpc) is 2.99. The SMILES string of the molecule is CCONC(=O)c1n[nH]c(C2CC2)c1Br. The van der Waals surface area contributed by atoms with Gasteiger partial charge in [-0.05, 0) is 35.7 Å². The molecule has 1 amide bonds. The van der Waals surface area contributed by atoms with E-state index in [0.29, 0.717) is 18.2 Å². The van der Waals surface area contributed by atoms with Crippen LogP contribution in [0.2, 0.25) is 0 Å². The summed E-state index contributed by atoms with van der Waals surface area (Å²) < 4.78 is 0.752. The van der Waals surface area contributed by atoms with Crippen LogP contribution in [-0.4, -0.2) is 22.7 Å². The molecule has 0 spiro atoms. The van der Waals surface area contributed by atoms with Gasteiger partial charge in [-0.15, -0.1) is 0 Å². The van der Waals surface area contributed by atoms with E-state index in [-0.39, 0.29) is 5.91 Å². The third kappa shape index (κ3) is 2.21. The van der Waals surface area contributed by atoms with Crippen molar-refractivity contribution < 1.29 is 9.63 Å². The average molecular weight is 274 g/mol. The number of carbonyl (C=O) groups is 1. The van der Waals surface area contributed by atoms with Crippen LogP contribution in [0.5, 0.6) is 0 Å². The van der Waals surface area contributed by atoms with E-state index in [1.54, 1.807) is 6.92 Å². The van der Waals surface area contributed by atoms with Gasteiger partial charge in [0.1, 0.15) is 0 Å². The topological polar surface area (TPSA) is 67.0 Å². The molecule has 1 heterocycles. The fourth-order valence-corrected chi connectivity index (χ4v) is 2.00. The number of amides is 1. The van der Waals surface area contributed by atoms with Gasteiger partial charge in [0.05, 0.1) is 16.8 Å². The highest BCUT2D eigenvalue weighted by Crippen LogP contribution is 2.42. The van der Waals surface area contributed by atoms with Gasteiger partial charge >= 0.3 is 0 Å². The lowest BCUT2D eigenvalue weighted by molar-refractivity contribution is 0.0359. The highest BCUT2D eigenvalue weighted by molar-refractivity contribution is 9.10. The number of H-pyrrole nitrogens is 1. The minimum atomic E-state index is -0.327. The molecule has 1 saturated carbocycles. The number of hydrogen-bond donors (Lipinski definition) is 2. The molecular formula is C9H12BrN3O2. The first-order valence-corrected chi connectivity index (χ1v) is 5.69. The summed E-state index contributed by atoms with van der Waals surface area (Å²) >= 11 is 3.37. The van der Waals surface area contributed by atoms with Gasteiger partial charge in [-0.2, -0.15) is 5.10 Å². The molecule has 2 N–H and O–H groups in total. The molecular weight excluding hydrogens is 262 g/mol. The van der Waals surface area contributed by atoms with Crippen LogP contribution in [0.25, 0.3) is 0 Å². The third-order valence-corrected chi connectivity index (χ3v) is 3.05. The van der Waals surface area contributed by atoms with Gasteiger partial charge in [-0.25, -0.2) is 5.48 Å². The zero-order valence-corrected chi connectivity index (χ0v) is 9.93. The number of carbonyl (C=O) groups excluding carboxylic acids is 1. The first-order valence-electron chi connectivity index (χ1n) is 4.90. The first kappa shape index (κ1) is 10.6. The maximum Gasteiger partial charge on any atom is 0.296 e. The molecule has 0 bridgehead atoms. The smallest absolute Gasteiger partial charge is 0.280 e. The zero-order chi connectivity index (χ0) is 10.8. The normalized spacial score (nSPS) is 15.3. The minimum absolute atomic E-state index is 0.327. The van der Waals surface area contributed by atoms with Crippen molar-refractivity contribution in [3.63, 3.8) is 0 Å². The molecule has 1 aromatic heterocycles. The van der Waals surface area contributed by atoms with Crippen LogP contribution in [-0.2, 0) is 4.84 Å². The lowest BCUT2D eigenvalue weighted by atomic mass is 10.2. The fraction of sp³-hybridized carbons (Fsp3) is 0.556. The number of nitrogens with zero attached hydrogens (tertiary/aromatic N) is 1. The molecule has 1 aliphatic carbocycles. The summed E-state index contributed by atoms with van der Waals surface area (Å²) in [4.78, 5) is 16.3. The Hall–Kier alpha value is -0.880. The molecule has 15 heavy (non-hydrogen) atoms. The van der Waals surface area contributed by atoms with Gasteiger partial charge in [-0.1, -0.05) is 0 Å². The predicted octanol–water partition coefficient (Wildman–Crippen LogP) is 1.73. The molecule has 82 valence electrons. The quantitative estimate of drug-likeness (QED) is 0.822. The maximum atomic E-state index is 11.5. The summed E-state index contributed by atoms with van der Waals surface area (Å²) in [6, 6.07) is 0. The van der Waals surface area contributed by atoms with Gasteiger partial charge in [0.25, 0.3) is 5.91 Å². The van der Waals surface area contributed by atoms with Crippen LogP contribution in [0.1, 0.15) is 41.9 Å². The van der Waals surface area contributed by atoms with Gasteiger partial charge in [0.15, 0.2) is 5.69 Å². The van der Waals surface area contributed by atoms with Crippen molar-refractivity contribution in [2.45, 2.75) is 25.7 Å². The lowest BCUT2D eigenvalue weighted by Crippen LogP contribution is -2.24. The van der Waals surface area contributed by atoms with E-state index in [1.165, 1.54) is 0 Å². The Kier molecular flexibility index (Phi) is 3.06. The highest BCUT2D eigenvalue weighted by atomic mass is 79.9. The Morgan fingerprint density at radius 3 is 3.07 bits per heavy atom. The number of hydrogen-bond acceptors (Lipinski definition) is 3.